The minimum absolute atomic E-state index is 0.109. The van der Waals surface area contributed by atoms with Crippen molar-refractivity contribution in [3.8, 4) is 0 Å². The third kappa shape index (κ3) is 3.21. The molecular weight excluding hydrogens is 279 g/mol. The number of rotatable bonds is 4. The number of hydrogen-bond acceptors (Lipinski definition) is 3. The largest absolute Gasteiger partial charge is 0.399 e. The number of amides is 1. The second-order valence-corrected chi connectivity index (χ2v) is 5.66. The number of hydrogen-bond donors (Lipinski definition) is 2. The van der Waals surface area contributed by atoms with Crippen LogP contribution in [-0.2, 0) is 16.6 Å². The smallest absolute Gasteiger partial charge is 0.248 e. The number of carbonyl (C=O) groups is 1. The molecule has 1 atom stereocenters. The lowest BCUT2D eigenvalue weighted by Gasteiger charge is -2.05. The first-order valence-corrected chi connectivity index (χ1v) is 7.11. The maximum atomic E-state index is 13.6. The number of carbonyl (C=O) groups excluding carboxylic acids is 1. The zero-order valence-corrected chi connectivity index (χ0v) is 11.3. The molecule has 0 saturated heterocycles. The molecule has 4 nitrogen and oxygen atoms in total. The normalized spacial score (nSPS) is 12.1. The van der Waals surface area contributed by atoms with Gasteiger partial charge in [0, 0.05) is 11.3 Å². The van der Waals surface area contributed by atoms with E-state index in [-0.39, 0.29) is 16.3 Å². The van der Waals surface area contributed by atoms with Crippen molar-refractivity contribution in [1.82, 2.24) is 0 Å². The summed E-state index contributed by atoms with van der Waals surface area (Å²) in [5.74, 6) is -0.959. The molecule has 4 N–H and O–H groups in total. The molecule has 104 valence electrons. The van der Waals surface area contributed by atoms with Crippen molar-refractivity contribution in [1.29, 1.82) is 0 Å². The van der Waals surface area contributed by atoms with Gasteiger partial charge >= 0.3 is 0 Å². The van der Waals surface area contributed by atoms with Crippen molar-refractivity contribution in [2.24, 2.45) is 5.73 Å². The van der Waals surface area contributed by atoms with Crippen LogP contribution in [-0.4, -0.2) is 10.1 Å². The van der Waals surface area contributed by atoms with Gasteiger partial charge in [0.25, 0.3) is 0 Å². The summed E-state index contributed by atoms with van der Waals surface area (Å²) in [6, 6.07) is 10.5. The molecule has 1 amide bonds. The molecule has 0 bridgehead atoms. The van der Waals surface area contributed by atoms with E-state index in [0.29, 0.717) is 5.56 Å². The molecule has 6 heteroatoms. The van der Waals surface area contributed by atoms with E-state index in [9.17, 15) is 13.4 Å². The van der Waals surface area contributed by atoms with Crippen LogP contribution in [0, 0.1) is 5.82 Å². The number of anilines is 1. The van der Waals surface area contributed by atoms with Crippen LogP contribution in [0.1, 0.15) is 15.9 Å². The van der Waals surface area contributed by atoms with Crippen LogP contribution >= 0.6 is 0 Å². The van der Waals surface area contributed by atoms with Crippen LogP contribution in [0.3, 0.4) is 0 Å². The molecule has 0 aliphatic carbocycles. The van der Waals surface area contributed by atoms with Gasteiger partial charge in [0.1, 0.15) is 5.82 Å². The molecule has 0 aromatic heterocycles. The van der Waals surface area contributed by atoms with Gasteiger partial charge in [-0.15, -0.1) is 0 Å². The minimum Gasteiger partial charge on any atom is -0.399 e. The highest BCUT2D eigenvalue weighted by Gasteiger charge is 2.11. The molecule has 0 radical (unpaired) electrons. The van der Waals surface area contributed by atoms with Crippen LogP contribution < -0.4 is 11.5 Å². The third-order valence-corrected chi connectivity index (χ3v) is 4.15. The first-order chi connectivity index (χ1) is 9.47. The molecule has 0 heterocycles. The van der Waals surface area contributed by atoms with Crippen molar-refractivity contribution in [3.05, 3.63) is 59.4 Å². The zero-order valence-electron chi connectivity index (χ0n) is 10.5. The minimum atomic E-state index is -1.52. The molecule has 20 heavy (non-hydrogen) atoms. The van der Waals surface area contributed by atoms with E-state index >= 15 is 0 Å². The van der Waals surface area contributed by atoms with Gasteiger partial charge in [-0.2, -0.15) is 0 Å². The van der Waals surface area contributed by atoms with Gasteiger partial charge in [0.2, 0.25) is 5.91 Å². The molecule has 2 rings (SSSR count). The van der Waals surface area contributed by atoms with E-state index in [4.69, 9.17) is 11.5 Å². The van der Waals surface area contributed by atoms with Crippen LogP contribution in [0.4, 0.5) is 10.1 Å². The summed E-state index contributed by atoms with van der Waals surface area (Å²) < 4.78 is 25.7. The quantitative estimate of drug-likeness (QED) is 0.843. The van der Waals surface area contributed by atoms with E-state index < -0.39 is 22.5 Å². The van der Waals surface area contributed by atoms with Gasteiger partial charge in [-0.25, -0.2) is 4.39 Å². The molecule has 0 saturated carbocycles. The van der Waals surface area contributed by atoms with Gasteiger partial charge in [-0.3, -0.25) is 9.00 Å². The average molecular weight is 292 g/mol. The van der Waals surface area contributed by atoms with E-state index in [1.165, 1.54) is 12.1 Å². The summed E-state index contributed by atoms with van der Waals surface area (Å²) in [6.07, 6.45) is 0. The number of halogens is 1. The molecule has 2 aromatic carbocycles. The van der Waals surface area contributed by atoms with Crippen molar-refractivity contribution < 1.29 is 13.4 Å². The standard InChI is InChI=1S/C14H13FN2O2S/c15-12-7-11(16)5-6-13(12)20(19)8-9-1-3-10(4-2-9)14(17)18/h1-7H,8,16H2,(H2,17,18). The topological polar surface area (TPSA) is 86.2 Å². The predicted molar refractivity (Wildman–Crippen MR) is 75.9 cm³/mol. The fraction of sp³-hybridized carbons (Fsp3) is 0.0714. The Bertz CT molecular complexity index is 671. The fourth-order valence-electron chi connectivity index (χ4n) is 1.70. The van der Waals surface area contributed by atoms with Crippen molar-refractivity contribution >= 4 is 22.4 Å². The lowest BCUT2D eigenvalue weighted by molar-refractivity contribution is 0.100. The van der Waals surface area contributed by atoms with Gasteiger partial charge < -0.3 is 11.5 Å². The number of nitrogen functional groups attached to an aromatic ring is 1. The van der Waals surface area contributed by atoms with E-state index in [1.54, 1.807) is 24.3 Å². The Hall–Kier alpha value is -2.21. The highest BCUT2D eigenvalue weighted by atomic mass is 32.2. The van der Waals surface area contributed by atoms with Crippen LogP contribution in [0.15, 0.2) is 47.4 Å². The molecule has 2 aromatic rings. The van der Waals surface area contributed by atoms with E-state index in [1.807, 2.05) is 0 Å². The summed E-state index contributed by atoms with van der Waals surface area (Å²) in [5.41, 5.74) is 12.0. The van der Waals surface area contributed by atoms with Crippen LogP contribution in [0.25, 0.3) is 0 Å². The van der Waals surface area contributed by atoms with Gasteiger partial charge in [0.05, 0.1) is 21.4 Å². The van der Waals surface area contributed by atoms with Crippen LogP contribution in [0.5, 0.6) is 0 Å². The molecule has 0 spiro atoms. The van der Waals surface area contributed by atoms with Gasteiger partial charge in [-0.1, -0.05) is 12.1 Å². The average Bonchev–Trinajstić information content (AvgIpc) is 2.39. The van der Waals surface area contributed by atoms with Crippen molar-refractivity contribution in [3.63, 3.8) is 0 Å². The zero-order chi connectivity index (χ0) is 14.7. The maximum absolute atomic E-state index is 13.6. The Morgan fingerprint density at radius 1 is 1.15 bits per heavy atom. The molecule has 1 unspecified atom stereocenters. The number of primary amides is 1. The molecule has 0 aliphatic heterocycles. The monoisotopic (exact) mass is 292 g/mol. The Balaban J connectivity index is 2.17. The Morgan fingerprint density at radius 3 is 2.35 bits per heavy atom. The van der Waals surface area contributed by atoms with Crippen LogP contribution in [0.2, 0.25) is 0 Å². The second-order valence-electron chi connectivity index (χ2n) is 4.24. The number of nitrogens with two attached hydrogens (primary N) is 2. The first kappa shape index (κ1) is 14.2. The van der Waals surface area contributed by atoms with E-state index in [0.717, 1.165) is 11.6 Å². The summed E-state index contributed by atoms with van der Waals surface area (Å²) in [4.78, 5) is 11.0. The Labute approximate surface area is 118 Å². The molecule has 0 fully saturated rings. The fourth-order valence-corrected chi connectivity index (χ4v) is 2.84. The molecule has 0 aliphatic rings. The third-order valence-electron chi connectivity index (χ3n) is 2.74. The second kappa shape index (κ2) is 5.83. The molecular formula is C14H13FN2O2S. The maximum Gasteiger partial charge on any atom is 0.248 e. The predicted octanol–water partition coefficient (Wildman–Crippen LogP) is 1.81. The van der Waals surface area contributed by atoms with Crippen molar-refractivity contribution in [2.75, 3.05) is 5.73 Å². The first-order valence-electron chi connectivity index (χ1n) is 5.79. The SMILES string of the molecule is NC(=O)c1ccc(CS(=O)c2ccc(N)cc2F)cc1. The van der Waals surface area contributed by atoms with Gasteiger partial charge in [-0.05, 0) is 35.9 Å². The summed E-state index contributed by atoms with van der Waals surface area (Å²) in [6.45, 7) is 0. The summed E-state index contributed by atoms with van der Waals surface area (Å²) in [5, 5.41) is 0. The summed E-state index contributed by atoms with van der Waals surface area (Å²) in [7, 11) is -1.52. The van der Waals surface area contributed by atoms with Gasteiger partial charge in [0.15, 0.2) is 0 Å². The lowest BCUT2D eigenvalue weighted by atomic mass is 10.1. The Kier molecular flexibility index (Phi) is 4.14. The lowest BCUT2D eigenvalue weighted by Crippen LogP contribution is -2.10. The number of benzene rings is 2. The Morgan fingerprint density at radius 2 is 1.80 bits per heavy atom. The van der Waals surface area contributed by atoms with Crippen molar-refractivity contribution in [2.45, 2.75) is 10.6 Å². The highest BCUT2D eigenvalue weighted by Crippen LogP contribution is 2.18. The highest BCUT2D eigenvalue weighted by molar-refractivity contribution is 7.84. The summed E-state index contributed by atoms with van der Waals surface area (Å²) >= 11 is 0. The van der Waals surface area contributed by atoms with E-state index in [2.05, 4.69) is 0 Å².